The molecule has 1 aromatic rings. The van der Waals surface area contributed by atoms with Crippen molar-refractivity contribution in [1.82, 2.24) is 0 Å². The van der Waals surface area contributed by atoms with Crippen LogP contribution in [0.5, 0.6) is 5.75 Å². The number of hydrogen-bond acceptors (Lipinski definition) is 2. The van der Waals surface area contributed by atoms with Crippen LogP contribution in [0.4, 0.5) is 13.2 Å². The maximum absolute atomic E-state index is 12.5. The van der Waals surface area contributed by atoms with E-state index < -0.39 is 23.0 Å². The largest absolute Gasteiger partial charge is 0.507 e. The van der Waals surface area contributed by atoms with Gasteiger partial charge in [-0.1, -0.05) is 6.07 Å². The summed E-state index contributed by atoms with van der Waals surface area (Å²) in [4.78, 5) is 0. The summed E-state index contributed by atoms with van der Waals surface area (Å²) in [5.74, 6) is -0.758. The Labute approximate surface area is 91.9 Å². The highest BCUT2D eigenvalue weighted by molar-refractivity contribution is 5.38. The molecule has 0 amide bonds. The molecule has 1 aromatic carbocycles. The van der Waals surface area contributed by atoms with Gasteiger partial charge in [-0.3, -0.25) is 0 Å². The molecule has 0 spiro atoms. The van der Waals surface area contributed by atoms with Crippen LogP contribution < -0.4 is 5.73 Å². The van der Waals surface area contributed by atoms with Crippen molar-refractivity contribution < 1.29 is 18.3 Å². The van der Waals surface area contributed by atoms with E-state index >= 15 is 0 Å². The standard InChI is InChI=1S/C11H14F3NO/c1-10(2,15)6-7-3-4-9(16)8(5-7)11(12,13)14/h3-5,16H,6,15H2,1-2H3. The van der Waals surface area contributed by atoms with Crippen molar-refractivity contribution in [2.75, 3.05) is 0 Å². The molecule has 0 unspecified atom stereocenters. The van der Waals surface area contributed by atoms with Gasteiger partial charge in [-0.05, 0) is 38.0 Å². The zero-order chi connectivity index (χ0) is 12.6. The first-order valence-corrected chi connectivity index (χ1v) is 4.77. The van der Waals surface area contributed by atoms with Gasteiger partial charge in [0, 0.05) is 5.54 Å². The fourth-order valence-electron chi connectivity index (χ4n) is 1.45. The number of nitrogens with two attached hydrogens (primary N) is 1. The predicted octanol–water partition coefficient (Wildman–Crippen LogP) is 2.69. The first kappa shape index (κ1) is 12.8. The van der Waals surface area contributed by atoms with Crippen molar-refractivity contribution in [3.63, 3.8) is 0 Å². The Morgan fingerprint density at radius 1 is 1.25 bits per heavy atom. The number of halogens is 3. The maximum Gasteiger partial charge on any atom is 0.419 e. The Hall–Kier alpha value is -1.23. The predicted molar refractivity (Wildman–Crippen MR) is 55.1 cm³/mol. The van der Waals surface area contributed by atoms with Crippen molar-refractivity contribution in [3.8, 4) is 5.75 Å². The van der Waals surface area contributed by atoms with Gasteiger partial charge in [0.05, 0.1) is 5.56 Å². The average Bonchev–Trinajstić information content (AvgIpc) is 2.04. The van der Waals surface area contributed by atoms with Crippen molar-refractivity contribution in [1.29, 1.82) is 0 Å². The first-order valence-electron chi connectivity index (χ1n) is 4.77. The van der Waals surface area contributed by atoms with Gasteiger partial charge in [-0.15, -0.1) is 0 Å². The van der Waals surface area contributed by atoms with Gasteiger partial charge in [0.15, 0.2) is 0 Å². The Bertz CT molecular complexity index is 380. The quantitative estimate of drug-likeness (QED) is 0.825. The molecule has 0 aliphatic rings. The third-order valence-corrected chi connectivity index (χ3v) is 2.03. The van der Waals surface area contributed by atoms with Gasteiger partial charge in [-0.2, -0.15) is 13.2 Å². The van der Waals surface area contributed by atoms with Gasteiger partial charge in [-0.25, -0.2) is 0 Å². The lowest BCUT2D eigenvalue weighted by molar-refractivity contribution is -0.138. The van der Waals surface area contributed by atoms with E-state index in [2.05, 4.69) is 0 Å². The Kier molecular flexibility index (Phi) is 3.19. The number of hydrogen-bond donors (Lipinski definition) is 2. The highest BCUT2D eigenvalue weighted by Gasteiger charge is 2.34. The molecule has 1 rings (SSSR count). The normalized spacial score (nSPS) is 12.9. The number of phenols is 1. The molecule has 0 aliphatic heterocycles. The summed E-state index contributed by atoms with van der Waals surface area (Å²) < 4.78 is 37.4. The number of benzene rings is 1. The van der Waals surface area contributed by atoms with Crippen LogP contribution in [0.3, 0.4) is 0 Å². The number of aromatic hydroxyl groups is 1. The fourth-order valence-corrected chi connectivity index (χ4v) is 1.45. The van der Waals surface area contributed by atoms with Gasteiger partial charge in [0.1, 0.15) is 5.75 Å². The molecule has 16 heavy (non-hydrogen) atoms. The van der Waals surface area contributed by atoms with Crippen LogP contribution in [0.2, 0.25) is 0 Å². The molecule has 0 heterocycles. The van der Waals surface area contributed by atoms with Crippen LogP contribution in [-0.4, -0.2) is 10.6 Å². The Balaban J connectivity index is 3.09. The van der Waals surface area contributed by atoms with Gasteiger partial charge in [0.2, 0.25) is 0 Å². The molecule has 3 N–H and O–H groups in total. The number of phenolic OH excluding ortho intramolecular Hbond substituents is 1. The van der Waals surface area contributed by atoms with Crippen LogP contribution in [0, 0.1) is 0 Å². The van der Waals surface area contributed by atoms with Crippen LogP contribution in [-0.2, 0) is 12.6 Å². The van der Waals surface area contributed by atoms with E-state index in [1.807, 2.05) is 0 Å². The smallest absolute Gasteiger partial charge is 0.419 e. The van der Waals surface area contributed by atoms with Crippen LogP contribution in [0.15, 0.2) is 18.2 Å². The molecule has 0 radical (unpaired) electrons. The van der Waals surface area contributed by atoms with E-state index in [1.54, 1.807) is 13.8 Å². The van der Waals surface area contributed by atoms with E-state index in [9.17, 15) is 13.2 Å². The summed E-state index contributed by atoms with van der Waals surface area (Å²) >= 11 is 0. The van der Waals surface area contributed by atoms with Crippen LogP contribution in [0.1, 0.15) is 25.0 Å². The summed E-state index contributed by atoms with van der Waals surface area (Å²) in [6.45, 7) is 3.46. The van der Waals surface area contributed by atoms with Crippen molar-refractivity contribution in [2.45, 2.75) is 32.0 Å². The van der Waals surface area contributed by atoms with Crippen LogP contribution in [0.25, 0.3) is 0 Å². The number of rotatable bonds is 2. The second kappa shape index (κ2) is 3.97. The molecule has 0 saturated carbocycles. The molecule has 0 bridgehead atoms. The lowest BCUT2D eigenvalue weighted by atomic mass is 9.95. The third-order valence-electron chi connectivity index (χ3n) is 2.03. The molecule has 0 aliphatic carbocycles. The maximum atomic E-state index is 12.5. The first-order chi connectivity index (χ1) is 7.09. The minimum absolute atomic E-state index is 0.316. The molecular formula is C11H14F3NO. The zero-order valence-corrected chi connectivity index (χ0v) is 9.10. The summed E-state index contributed by atoms with van der Waals surface area (Å²) in [6, 6.07) is 3.42. The SMILES string of the molecule is CC(C)(N)Cc1ccc(O)c(C(F)(F)F)c1. The van der Waals surface area contributed by atoms with Crippen molar-refractivity contribution in [2.24, 2.45) is 5.73 Å². The summed E-state index contributed by atoms with van der Waals surface area (Å²) in [6.07, 6.45) is -4.23. The molecule has 0 atom stereocenters. The van der Waals surface area contributed by atoms with Gasteiger partial charge >= 0.3 is 6.18 Å². The van der Waals surface area contributed by atoms with Crippen LogP contribution >= 0.6 is 0 Å². The molecule has 2 nitrogen and oxygen atoms in total. The van der Waals surface area contributed by atoms with Gasteiger partial charge in [0.25, 0.3) is 0 Å². The zero-order valence-electron chi connectivity index (χ0n) is 9.10. The molecule has 0 saturated heterocycles. The molecule has 5 heteroatoms. The second-order valence-corrected chi connectivity index (χ2v) is 4.51. The molecule has 0 fully saturated rings. The summed E-state index contributed by atoms with van der Waals surface area (Å²) in [7, 11) is 0. The monoisotopic (exact) mass is 233 g/mol. The fraction of sp³-hybridized carbons (Fsp3) is 0.455. The average molecular weight is 233 g/mol. The highest BCUT2D eigenvalue weighted by atomic mass is 19.4. The molecule has 90 valence electrons. The number of alkyl halides is 3. The minimum atomic E-state index is -4.54. The minimum Gasteiger partial charge on any atom is -0.507 e. The van der Waals surface area contributed by atoms with Crippen molar-refractivity contribution >= 4 is 0 Å². The molecular weight excluding hydrogens is 219 g/mol. The van der Waals surface area contributed by atoms with Crippen molar-refractivity contribution in [3.05, 3.63) is 29.3 Å². The van der Waals surface area contributed by atoms with E-state index in [0.717, 1.165) is 12.1 Å². The highest BCUT2D eigenvalue weighted by Crippen LogP contribution is 2.36. The lowest BCUT2D eigenvalue weighted by Gasteiger charge is -2.19. The Morgan fingerprint density at radius 2 is 1.81 bits per heavy atom. The summed E-state index contributed by atoms with van der Waals surface area (Å²) in [5.41, 5.74) is 4.57. The lowest BCUT2D eigenvalue weighted by Crippen LogP contribution is -2.34. The van der Waals surface area contributed by atoms with E-state index in [-0.39, 0.29) is 0 Å². The summed E-state index contributed by atoms with van der Waals surface area (Å²) in [5, 5.41) is 9.12. The Morgan fingerprint density at radius 3 is 2.25 bits per heavy atom. The van der Waals surface area contributed by atoms with E-state index in [1.165, 1.54) is 6.07 Å². The second-order valence-electron chi connectivity index (χ2n) is 4.51. The topological polar surface area (TPSA) is 46.2 Å². The van der Waals surface area contributed by atoms with E-state index in [4.69, 9.17) is 10.8 Å². The van der Waals surface area contributed by atoms with Gasteiger partial charge < -0.3 is 10.8 Å². The molecule has 0 aromatic heterocycles. The third kappa shape index (κ3) is 3.41. The van der Waals surface area contributed by atoms with E-state index in [0.29, 0.717) is 12.0 Å².